The van der Waals surface area contributed by atoms with Crippen molar-refractivity contribution in [2.75, 3.05) is 0 Å². The van der Waals surface area contributed by atoms with E-state index in [9.17, 15) is 18.0 Å². The van der Waals surface area contributed by atoms with Crippen LogP contribution in [0.3, 0.4) is 0 Å². The molecule has 9 heteroatoms. The van der Waals surface area contributed by atoms with Crippen molar-refractivity contribution in [2.24, 2.45) is 5.73 Å². The summed E-state index contributed by atoms with van der Waals surface area (Å²) in [5.74, 6) is -0.798. The molecule has 0 saturated heterocycles. The zero-order valence-electron chi connectivity index (χ0n) is 14.2. The molecular formula is C19H12F3N5O. The van der Waals surface area contributed by atoms with Crippen LogP contribution in [-0.2, 0) is 6.18 Å². The highest BCUT2D eigenvalue weighted by Gasteiger charge is 2.34. The number of carbonyl (C=O) groups excluding carboxylic acids is 1. The molecule has 6 nitrogen and oxygen atoms in total. The van der Waals surface area contributed by atoms with Crippen LogP contribution in [-0.4, -0.2) is 25.5 Å². The number of hydrogen-bond donors (Lipinski definition) is 1. The number of benzene rings is 1. The van der Waals surface area contributed by atoms with E-state index in [0.717, 1.165) is 6.07 Å². The number of nitrogens with two attached hydrogens (primary N) is 1. The Hall–Kier alpha value is -3.75. The molecular weight excluding hydrogens is 371 g/mol. The van der Waals surface area contributed by atoms with Crippen LogP contribution in [0.15, 0.2) is 60.9 Å². The Balaban J connectivity index is 1.96. The van der Waals surface area contributed by atoms with Gasteiger partial charge in [0, 0.05) is 23.5 Å². The second-order valence-corrected chi connectivity index (χ2v) is 5.94. The third-order valence-corrected chi connectivity index (χ3v) is 4.17. The van der Waals surface area contributed by atoms with Crippen LogP contribution in [0.4, 0.5) is 13.2 Å². The number of nitrogens with zero attached hydrogens (tertiary/aromatic N) is 4. The van der Waals surface area contributed by atoms with Crippen LogP contribution in [0, 0.1) is 0 Å². The normalized spacial score (nSPS) is 11.7. The van der Waals surface area contributed by atoms with Gasteiger partial charge in [-0.1, -0.05) is 18.2 Å². The SMILES string of the molecule is NC(=O)c1c(-c2ccncc2)nc2ccc(-c3ccccc3C(F)(F)F)nn12. The molecule has 28 heavy (non-hydrogen) atoms. The summed E-state index contributed by atoms with van der Waals surface area (Å²) < 4.78 is 41.2. The van der Waals surface area contributed by atoms with Gasteiger partial charge < -0.3 is 5.73 Å². The van der Waals surface area contributed by atoms with Crippen LogP contribution >= 0.6 is 0 Å². The Morgan fingerprint density at radius 2 is 1.71 bits per heavy atom. The maximum absolute atomic E-state index is 13.4. The van der Waals surface area contributed by atoms with Crippen molar-refractivity contribution < 1.29 is 18.0 Å². The molecule has 0 fully saturated rings. The monoisotopic (exact) mass is 383 g/mol. The first-order valence-corrected chi connectivity index (χ1v) is 8.13. The van der Waals surface area contributed by atoms with E-state index in [1.807, 2.05) is 0 Å². The highest BCUT2D eigenvalue weighted by molar-refractivity contribution is 5.98. The van der Waals surface area contributed by atoms with Crippen LogP contribution in [0.1, 0.15) is 16.1 Å². The average molecular weight is 383 g/mol. The summed E-state index contributed by atoms with van der Waals surface area (Å²) in [5, 5.41) is 4.22. The maximum atomic E-state index is 13.4. The van der Waals surface area contributed by atoms with E-state index in [1.54, 1.807) is 12.1 Å². The van der Waals surface area contributed by atoms with Crippen molar-refractivity contribution in [3.05, 3.63) is 72.2 Å². The third kappa shape index (κ3) is 2.96. The van der Waals surface area contributed by atoms with Crippen LogP contribution < -0.4 is 5.73 Å². The lowest BCUT2D eigenvalue weighted by Crippen LogP contribution is -2.16. The van der Waals surface area contributed by atoms with E-state index in [2.05, 4.69) is 15.1 Å². The topological polar surface area (TPSA) is 86.2 Å². The number of hydrogen-bond acceptors (Lipinski definition) is 4. The summed E-state index contributed by atoms with van der Waals surface area (Å²) >= 11 is 0. The third-order valence-electron chi connectivity index (χ3n) is 4.17. The molecule has 0 unspecified atom stereocenters. The number of amides is 1. The lowest BCUT2D eigenvalue weighted by atomic mass is 10.0. The van der Waals surface area contributed by atoms with Gasteiger partial charge in [-0.3, -0.25) is 9.78 Å². The van der Waals surface area contributed by atoms with Gasteiger partial charge in [-0.05, 0) is 30.3 Å². The lowest BCUT2D eigenvalue weighted by molar-refractivity contribution is -0.137. The Bertz CT molecular complexity index is 1190. The fourth-order valence-electron chi connectivity index (χ4n) is 2.96. The quantitative estimate of drug-likeness (QED) is 0.586. The lowest BCUT2D eigenvalue weighted by Gasteiger charge is -2.12. The first-order valence-electron chi connectivity index (χ1n) is 8.13. The van der Waals surface area contributed by atoms with E-state index in [0.29, 0.717) is 5.56 Å². The number of fused-ring (bicyclic) bond motifs is 1. The Kier molecular flexibility index (Phi) is 4.07. The molecule has 0 bridgehead atoms. The molecule has 0 aliphatic heterocycles. The summed E-state index contributed by atoms with van der Waals surface area (Å²) in [5.41, 5.74) is 5.77. The Morgan fingerprint density at radius 3 is 2.39 bits per heavy atom. The zero-order chi connectivity index (χ0) is 19.9. The number of carbonyl (C=O) groups is 1. The molecule has 0 atom stereocenters. The molecule has 3 aromatic heterocycles. The van der Waals surface area contributed by atoms with Crippen LogP contribution in [0.5, 0.6) is 0 Å². The molecule has 4 rings (SSSR count). The van der Waals surface area contributed by atoms with Crippen molar-refractivity contribution in [1.82, 2.24) is 19.6 Å². The van der Waals surface area contributed by atoms with Crippen molar-refractivity contribution in [1.29, 1.82) is 0 Å². The molecule has 1 amide bonds. The summed E-state index contributed by atoms with van der Waals surface area (Å²) in [6.45, 7) is 0. The summed E-state index contributed by atoms with van der Waals surface area (Å²) in [6.07, 6.45) is -1.48. The van der Waals surface area contributed by atoms with Gasteiger partial charge in [-0.25, -0.2) is 9.50 Å². The molecule has 4 aromatic rings. The van der Waals surface area contributed by atoms with Gasteiger partial charge in [0.2, 0.25) is 0 Å². The Labute approximate surface area is 156 Å². The average Bonchev–Trinajstić information content (AvgIpc) is 3.07. The van der Waals surface area contributed by atoms with Crippen LogP contribution in [0.2, 0.25) is 0 Å². The summed E-state index contributed by atoms with van der Waals surface area (Å²) in [7, 11) is 0. The van der Waals surface area contributed by atoms with E-state index in [1.165, 1.54) is 47.2 Å². The minimum Gasteiger partial charge on any atom is -0.364 e. The predicted molar refractivity (Wildman–Crippen MR) is 95.2 cm³/mol. The second kappa shape index (κ2) is 6.45. The standard InChI is InChI=1S/C19H12F3N5O/c20-19(21,22)13-4-2-1-3-12(13)14-5-6-15-25-16(11-7-9-24-10-8-11)17(18(23)28)27(15)26-14/h1-10H,(H2,23,28). The number of primary amides is 1. The summed E-state index contributed by atoms with van der Waals surface area (Å²) in [4.78, 5) is 20.3. The molecule has 0 aliphatic rings. The van der Waals surface area contributed by atoms with E-state index >= 15 is 0 Å². The number of alkyl halides is 3. The number of pyridine rings is 1. The van der Waals surface area contributed by atoms with Crippen molar-refractivity contribution in [3.63, 3.8) is 0 Å². The first kappa shape index (κ1) is 17.7. The molecule has 140 valence electrons. The molecule has 3 heterocycles. The van der Waals surface area contributed by atoms with Crippen molar-refractivity contribution >= 4 is 11.6 Å². The largest absolute Gasteiger partial charge is 0.417 e. The molecule has 0 spiro atoms. The molecule has 0 aliphatic carbocycles. The number of aromatic nitrogens is 4. The molecule has 2 N–H and O–H groups in total. The van der Waals surface area contributed by atoms with Gasteiger partial charge >= 0.3 is 6.18 Å². The minimum absolute atomic E-state index is 0.0208. The number of imidazole rings is 1. The van der Waals surface area contributed by atoms with E-state index < -0.39 is 17.6 Å². The molecule has 0 radical (unpaired) electrons. The predicted octanol–water partition coefficient (Wildman–Crippen LogP) is 3.58. The summed E-state index contributed by atoms with van der Waals surface area (Å²) in [6, 6.07) is 11.3. The van der Waals surface area contributed by atoms with Gasteiger partial charge in [0.15, 0.2) is 11.3 Å². The molecule has 0 saturated carbocycles. The van der Waals surface area contributed by atoms with Gasteiger partial charge in [-0.15, -0.1) is 0 Å². The van der Waals surface area contributed by atoms with Gasteiger partial charge in [0.1, 0.15) is 5.69 Å². The van der Waals surface area contributed by atoms with Crippen molar-refractivity contribution in [3.8, 4) is 22.5 Å². The van der Waals surface area contributed by atoms with Crippen LogP contribution in [0.25, 0.3) is 28.2 Å². The highest BCUT2D eigenvalue weighted by atomic mass is 19.4. The number of halogens is 3. The Morgan fingerprint density at radius 1 is 1.00 bits per heavy atom. The number of rotatable bonds is 3. The van der Waals surface area contributed by atoms with Gasteiger partial charge in [0.25, 0.3) is 5.91 Å². The fourth-order valence-corrected chi connectivity index (χ4v) is 2.96. The smallest absolute Gasteiger partial charge is 0.364 e. The zero-order valence-corrected chi connectivity index (χ0v) is 14.2. The first-order chi connectivity index (χ1) is 13.4. The van der Waals surface area contributed by atoms with Gasteiger partial charge in [-0.2, -0.15) is 18.3 Å². The second-order valence-electron chi connectivity index (χ2n) is 5.94. The highest BCUT2D eigenvalue weighted by Crippen LogP contribution is 2.36. The molecule has 1 aromatic carbocycles. The minimum atomic E-state index is -4.54. The maximum Gasteiger partial charge on any atom is 0.417 e. The fraction of sp³-hybridized carbons (Fsp3) is 0.0526. The van der Waals surface area contributed by atoms with E-state index in [-0.39, 0.29) is 28.3 Å². The van der Waals surface area contributed by atoms with E-state index in [4.69, 9.17) is 5.73 Å². The van der Waals surface area contributed by atoms with Crippen molar-refractivity contribution in [2.45, 2.75) is 6.18 Å². The van der Waals surface area contributed by atoms with Gasteiger partial charge in [0.05, 0.1) is 11.3 Å².